The van der Waals surface area contributed by atoms with E-state index in [0.29, 0.717) is 0 Å². The van der Waals surface area contributed by atoms with Gasteiger partial charge in [-0.3, -0.25) is 4.79 Å². The summed E-state index contributed by atoms with van der Waals surface area (Å²) >= 11 is 5.56. The zero-order valence-corrected chi connectivity index (χ0v) is 15.9. The summed E-state index contributed by atoms with van der Waals surface area (Å²) < 4.78 is 60.5. The van der Waals surface area contributed by atoms with E-state index in [0.717, 1.165) is 12.1 Å². The lowest BCUT2D eigenvalue weighted by Crippen LogP contribution is -2.59. The third-order valence-corrected chi connectivity index (χ3v) is 5.87. The molecule has 0 spiro atoms. The number of amides is 1. The number of nitrogens with one attached hydrogen (secondary N) is 2. The van der Waals surface area contributed by atoms with E-state index in [1.54, 1.807) is 6.92 Å². The van der Waals surface area contributed by atoms with Crippen molar-refractivity contribution in [2.45, 2.75) is 17.4 Å². The van der Waals surface area contributed by atoms with Gasteiger partial charge in [0.15, 0.2) is 11.6 Å². The number of rotatable bonds is 5. The second-order valence-electron chi connectivity index (χ2n) is 6.54. The molecule has 2 N–H and O–H groups in total. The third kappa shape index (κ3) is 3.98. The molecular weight excluding hydrogens is 404 g/mol. The number of aromatic nitrogens is 1. The Hall–Kier alpha value is -2.01. The molecule has 146 valence electrons. The highest BCUT2D eigenvalue weighted by atomic mass is 35.5. The van der Waals surface area contributed by atoms with Gasteiger partial charge < -0.3 is 14.6 Å². The summed E-state index contributed by atoms with van der Waals surface area (Å²) in [5.74, 6) is -3.14. The van der Waals surface area contributed by atoms with Crippen LogP contribution in [0.5, 0.6) is 0 Å². The van der Waals surface area contributed by atoms with Crippen LogP contribution in [-0.4, -0.2) is 37.6 Å². The van der Waals surface area contributed by atoms with Gasteiger partial charge in [0.2, 0.25) is 10.0 Å². The molecule has 1 aromatic carbocycles. The molecule has 0 bridgehead atoms. The van der Waals surface area contributed by atoms with Crippen molar-refractivity contribution >= 4 is 33.2 Å². The van der Waals surface area contributed by atoms with Crippen LogP contribution in [0.3, 0.4) is 0 Å². The van der Waals surface area contributed by atoms with Gasteiger partial charge in [-0.2, -0.15) is 0 Å². The summed E-state index contributed by atoms with van der Waals surface area (Å²) in [5, 5.41) is 1.87. The number of benzene rings is 1. The van der Waals surface area contributed by atoms with Crippen molar-refractivity contribution in [1.82, 2.24) is 9.29 Å². The second kappa shape index (κ2) is 6.86. The minimum absolute atomic E-state index is 0.00578. The normalized spacial score (nSPS) is 16.0. The smallest absolute Gasteiger partial charge is 0.272 e. The molecule has 1 amide bonds. The highest BCUT2D eigenvalue weighted by Crippen LogP contribution is 2.24. The van der Waals surface area contributed by atoms with Gasteiger partial charge in [-0.25, -0.2) is 21.9 Å². The van der Waals surface area contributed by atoms with Gasteiger partial charge in [-0.05, 0) is 19.1 Å². The molecule has 2 aromatic rings. The van der Waals surface area contributed by atoms with E-state index < -0.39 is 38.1 Å². The summed E-state index contributed by atoms with van der Waals surface area (Å²) in [4.78, 5) is 12.3. The van der Waals surface area contributed by atoms with Gasteiger partial charge in [0.1, 0.15) is 10.6 Å². The maximum Gasteiger partial charge on any atom is 0.272 e. The Morgan fingerprint density at radius 3 is 2.52 bits per heavy atom. The number of hydrogen-bond acceptors (Lipinski definition) is 4. The average molecular weight is 420 g/mol. The van der Waals surface area contributed by atoms with Crippen LogP contribution in [0.4, 0.5) is 14.5 Å². The Morgan fingerprint density at radius 1 is 1.30 bits per heavy atom. The lowest BCUT2D eigenvalue weighted by molar-refractivity contribution is -0.0523. The molecule has 1 aromatic heterocycles. The van der Waals surface area contributed by atoms with E-state index in [2.05, 4.69) is 10.0 Å². The monoisotopic (exact) mass is 419 g/mol. The van der Waals surface area contributed by atoms with Crippen molar-refractivity contribution in [1.29, 1.82) is 0 Å². The molecule has 0 unspecified atom stereocenters. The largest absolute Gasteiger partial charge is 0.377 e. The minimum Gasteiger partial charge on any atom is -0.377 e. The fraction of sp³-hybridized carbons (Fsp3) is 0.312. The van der Waals surface area contributed by atoms with Crippen molar-refractivity contribution < 1.29 is 26.7 Å². The van der Waals surface area contributed by atoms with Crippen molar-refractivity contribution in [2.24, 2.45) is 7.05 Å². The van der Waals surface area contributed by atoms with E-state index in [9.17, 15) is 22.0 Å². The predicted molar refractivity (Wildman–Crippen MR) is 94.3 cm³/mol. The first-order chi connectivity index (χ1) is 12.5. The van der Waals surface area contributed by atoms with Crippen LogP contribution in [0.1, 0.15) is 17.4 Å². The third-order valence-electron chi connectivity index (χ3n) is 3.99. The molecule has 7 nitrogen and oxygen atoms in total. The van der Waals surface area contributed by atoms with E-state index in [1.165, 1.54) is 23.9 Å². The quantitative estimate of drug-likeness (QED) is 0.727. The van der Waals surface area contributed by atoms with Crippen LogP contribution >= 0.6 is 11.6 Å². The van der Waals surface area contributed by atoms with Crippen LogP contribution < -0.4 is 10.0 Å². The fourth-order valence-corrected chi connectivity index (χ4v) is 4.24. The SMILES string of the molecule is Cn1cc(S(=O)(=O)NC2(C)COC2)cc1C(=O)Nc1cc(F)c(F)c(Cl)c1. The first-order valence-electron chi connectivity index (χ1n) is 7.75. The lowest BCUT2D eigenvalue weighted by Gasteiger charge is -2.38. The summed E-state index contributed by atoms with van der Waals surface area (Å²) in [6.45, 7) is 2.21. The molecule has 1 fully saturated rings. The van der Waals surface area contributed by atoms with Gasteiger partial charge in [-0.1, -0.05) is 11.6 Å². The van der Waals surface area contributed by atoms with E-state index >= 15 is 0 Å². The number of halogens is 3. The summed E-state index contributed by atoms with van der Waals surface area (Å²) in [6.07, 6.45) is 1.28. The number of sulfonamides is 1. The standard InChI is InChI=1S/C16H16ClF2N3O4S/c1-16(7-26-8-16)21-27(24,25)10-5-13(22(2)6-10)15(23)20-9-3-11(17)14(19)12(18)4-9/h3-6,21H,7-8H2,1-2H3,(H,20,23). The lowest BCUT2D eigenvalue weighted by atomic mass is 10.0. The Kier molecular flexibility index (Phi) is 5.02. The van der Waals surface area contributed by atoms with E-state index in [1.807, 2.05) is 0 Å². The van der Waals surface area contributed by atoms with Crippen molar-refractivity contribution in [3.05, 3.63) is 46.7 Å². The van der Waals surface area contributed by atoms with Gasteiger partial charge in [0.05, 0.1) is 23.8 Å². The number of carbonyl (C=O) groups is 1. The highest BCUT2D eigenvalue weighted by Gasteiger charge is 2.38. The fourth-order valence-electron chi connectivity index (χ4n) is 2.58. The predicted octanol–water partition coefficient (Wildman–Crippen LogP) is 2.28. The number of carbonyl (C=O) groups excluding carboxylic acids is 1. The molecule has 0 saturated carbocycles. The first kappa shape index (κ1) is 19.7. The zero-order valence-electron chi connectivity index (χ0n) is 14.3. The molecule has 0 aliphatic carbocycles. The van der Waals surface area contributed by atoms with Gasteiger partial charge in [0.25, 0.3) is 5.91 Å². The minimum atomic E-state index is -3.87. The average Bonchev–Trinajstić information content (AvgIpc) is 2.93. The zero-order chi connectivity index (χ0) is 20.0. The van der Waals surface area contributed by atoms with Gasteiger partial charge >= 0.3 is 0 Å². The van der Waals surface area contributed by atoms with Crippen molar-refractivity contribution in [3.63, 3.8) is 0 Å². The number of aryl methyl sites for hydroxylation is 1. The van der Waals surface area contributed by atoms with Crippen LogP contribution in [0.25, 0.3) is 0 Å². The number of ether oxygens (including phenoxy) is 1. The van der Waals surface area contributed by atoms with Crippen molar-refractivity contribution in [3.8, 4) is 0 Å². The number of anilines is 1. The first-order valence-corrected chi connectivity index (χ1v) is 9.61. The van der Waals surface area contributed by atoms with Gasteiger partial charge in [0, 0.05) is 25.0 Å². The molecule has 1 aliphatic rings. The maximum atomic E-state index is 13.4. The Balaban J connectivity index is 1.82. The molecule has 1 saturated heterocycles. The second-order valence-corrected chi connectivity index (χ2v) is 8.63. The molecule has 0 radical (unpaired) electrons. The van der Waals surface area contributed by atoms with E-state index in [4.69, 9.17) is 16.3 Å². The van der Waals surface area contributed by atoms with Crippen LogP contribution in [0, 0.1) is 11.6 Å². The van der Waals surface area contributed by atoms with Gasteiger partial charge in [-0.15, -0.1) is 0 Å². The highest BCUT2D eigenvalue weighted by molar-refractivity contribution is 7.89. The van der Waals surface area contributed by atoms with Crippen molar-refractivity contribution in [2.75, 3.05) is 18.5 Å². The summed E-state index contributed by atoms with van der Waals surface area (Å²) in [6, 6.07) is 3.01. The Morgan fingerprint density at radius 2 is 1.96 bits per heavy atom. The number of hydrogen-bond donors (Lipinski definition) is 2. The molecule has 1 aliphatic heterocycles. The maximum absolute atomic E-state index is 13.4. The molecule has 0 atom stereocenters. The molecular formula is C16H16ClF2N3O4S. The molecule has 2 heterocycles. The number of nitrogens with zero attached hydrogens (tertiary/aromatic N) is 1. The topological polar surface area (TPSA) is 89.4 Å². The van der Waals surface area contributed by atoms with Crippen LogP contribution in [0.2, 0.25) is 5.02 Å². The summed E-state index contributed by atoms with van der Waals surface area (Å²) in [5.41, 5.74) is -0.752. The Bertz CT molecular complexity index is 996. The molecule has 3 rings (SSSR count). The van der Waals surface area contributed by atoms with Crippen LogP contribution in [-0.2, 0) is 21.8 Å². The summed E-state index contributed by atoms with van der Waals surface area (Å²) in [7, 11) is -2.38. The molecule has 27 heavy (non-hydrogen) atoms. The van der Waals surface area contributed by atoms with E-state index in [-0.39, 0.29) is 29.5 Å². The Labute approximate surface area is 159 Å². The van der Waals surface area contributed by atoms with Crippen LogP contribution in [0.15, 0.2) is 29.3 Å². The molecule has 11 heteroatoms.